The Bertz CT molecular complexity index is 341. The molecule has 0 radical (unpaired) electrons. The van der Waals surface area contributed by atoms with Gasteiger partial charge in [0.05, 0.1) is 12.0 Å². The lowest BCUT2D eigenvalue weighted by molar-refractivity contribution is -0.139. The third kappa shape index (κ3) is 5.80. The van der Waals surface area contributed by atoms with Crippen LogP contribution in [0.5, 0.6) is 0 Å². The van der Waals surface area contributed by atoms with Crippen LogP contribution in [0.15, 0.2) is 0 Å². The minimum Gasteiger partial charge on any atom is -0.481 e. The van der Waals surface area contributed by atoms with E-state index in [9.17, 15) is 22.8 Å². The number of aliphatic carboxylic acids is 1. The van der Waals surface area contributed by atoms with Gasteiger partial charge in [0, 0.05) is 13.0 Å². The fraction of sp³-hybridized carbons (Fsp3) is 0.818. The Hall–Kier alpha value is -1.47. The monoisotopic (exact) mass is 282 g/mol. The minimum atomic E-state index is -4.23. The van der Waals surface area contributed by atoms with E-state index >= 15 is 0 Å². The van der Waals surface area contributed by atoms with Crippen LogP contribution < -0.4 is 10.6 Å². The van der Waals surface area contributed by atoms with Gasteiger partial charge in [-0.2, -0.15) is 13.2 Å². The summed E-state index contributed by atoms with van der Waals surface area (Å²) in [4.78, 5) is 22.1. The molecule has 0 spiro atoms. The van der Waals surface area contributed by atoms with E-state index in [4.69, 9.17) is 5.11 Å². The molecule has 1 aliphatic carbocycles. The van der Waals surface area contributed by atoms with Crippen molar-refractivity contribution in [1.29, 1.82) is 0 Å². The van der Waals surface area contributed by atoms with Crippen molar-refractivity contribution in [3.8, 4) is 0 Å². The van der Waals surface area contributed by atoms with Gasteiger partial charge in [-0.25, -0.2) is 4.79 Å². The van der Waals surface area contributed by atoms with Crippen LogP contribution in [-0.2, 0) is 4.79 Å². The molecule has 5 nitrogen and oxygen atoms in total. The van der Waals surface area contributed by atoms with E-state index in [1.807, 2.05) is 0 Å². The van der Waals surface area contributed by atoms with Gasteiger partial charge >= 0.3 is 18.2 Å². The predicted molar refractivity (Wildman–Crippen MR) is 60.7 cm³/mol. The van der Waals surface area contributed by atoms with E-state index < -0.39 is 30.1 Å². The zero-order chi connectivity index (χ0) is 14.5. The maximum Gasteiger partial charge on any atom is 0.389 e. The average Bonchev–Trinajstić information content (AvgIpc) is 2.19. The molecule has 0 bridgehead atoms. The van der Waals surface area contributed by atoms with E-state index in [2.05, 4.69) is 10.6 Å². The number of amides is 2. The van der Waals surface area contributed by atoms with Crippen molar-refractivity contribution < 1.29 is 27.9 Å². The molecule has 1 rings (SSSR count). The topological polar surface area (TPSA) is 78.4 Å². The van der Waals surface area contributed by atoms with Gasteiger partial charge in [-0.15, -0.1) is 0 Å². The highest BCUT2D eigenvalue weighted by Crippen LogP contribution is 2.34. The maximum absolute atomic E-state index is 11.9. The molecule has 1 fully saturated rings. The van der Waals surface area contributed by atoms with Crippen LogP contribution in [-0.4, -0.2) is 35.4 Å². The first-order valence-electron chi connectivity index (χ1n) is 6.07. The van der Waals surface area contributed by atoms with E-state index in [1.54, 1.807) is 0 Å². The lowest BCUT2D eigenvalue weighted by Gasteiger charge is -2.41. The molecule has 8 heteroatoms. The summed E-state index contributed by atoms with van der Waals surface area (Å²) >= 11 is 0. The van der Waals surface area contributed by atoms with E-state index in [-0.39, 0.29) is 19.4 Å². The van der Waals surface area contributed by atoms with Gasteiger partial charge in [0.25, 0.3) is 0 Å². The van der Waals surface area contributed by atoms with Crippen molar-refractivity contribution in [3.63, 3.8) is 0 Å². The fourth-order valence-corrected chi connectivity index (χ4v) is 2.01. The van der Waals surface area contributed by atoms with E-state index in [1.165, 1.54) is 0 Å². The molecule has 0 saturated heterocycles. The molecule has 0 aliphatic heterocycles. The second-order valence-corrected chi connectivity index (χ2v) is 4.80. The number of alkyl halides is 3. The molecule has 2 amide bonds. The van der Waals surface area contributed by atoms with Gasteiger partial charge in [0.1, 0.15) is 0 Å². The van der Waals surface area contributed by atoms with Crippen LogP contribution in [0.4, 0.5) is 18.0 Å². The molecule has 0 aromatic rings. The highest BCUT2D eigenvalue weighted by molar-refractivity contribution is 5.77. The van der Waals surface area contributed by atoms with Crippen LogP contribution in [0.2, 0.25) is 0 Å². The predicted octanol–water partition coefficient (Wildman–Crippen LogP) is 2.03. The highest BCUT2D eigenvalue weighted by Gasteiger charge is 2.40. The first-order valence-corrected chi connectivity index (χ1v) is 6.07. The van der Waals surface area contributed by atoms with Crippen molar-refractivity contribution in [2.24, 2.45) is 0 Å². The summed E-state index contributed by atoms with van der Waals surface area (Å²) in [6.45, 7) is -0.0888. The third-order valence-corrected chi connectivity index (χ3v) is 3.10. The third-order valence-electron chi connectivity index (χ3n) is 3.10. The number of carbonyl (C=O) groups is 2. The van der Waals surface area contributed by atoms with Gasteiger partial charge in [-0.1, -0.05) is 0 Å². The van der Waals surface area contributed by atoms with Gasteiger partial charge in [-0.3, -0.25) is 4.79 Å². The van der Waals surface area contributed by atoms with Crippen molar-refractivity contribution in [2.75, 3.05) is 6.54 Å². The lowest BCUT2D eigenvalue weighted by Crippen LogP contribution is -2.57. The minimum absolute atomic E-state index is 0.0888. The van der Waals surface area contributed by atoms with Gasteiger partial charge in [-0.05, 0) is 25.7 Å². The molecular formula is C11H17F3N2O3. The summed E-state index contributed by atoms with van der Waals surface area (Å²) < 4.78 is 35.6. The van der Waals surface area contributed by atoms with Crippen LogP contribution in [0.3, 0.4) is 0 Å². The summed E-state index contributed by atoms with van der Waals surface area (Å²) in [5.74, 6) is -1.00. The molecule has 0 aromatic heterocycles. The first-order chi connectivity index (χ1) is 8.72. The first kappa shape index (κ1) is 15.6. The van der Waals surface area contributed by atoms with Crippen molar-refractivity contribution >= 4 is 12.0 Å². The number of rotatable bonds is 6. The second-order valence-electron chi connectivity index (χ2n) is 4.80. The molecule has 0 atom stereocenters. The summed E-state index contributed by atoms with van der Waals surface area (Å²) in [7, 11) is 0. The quantitative estimate of drug-likeness (QED) is 0.652. The average molecular weight is 282 g/mol. The fourth-order valence-electron chi connectivity index (χ4n) is 2.01. The normalized spacial score (nSPS) is 17.4. The Morgan fingerprint density at radius 3 is 2.32 bits per heavy atom. The number of carboxylic acids is 1. The molecule has 110 valence electrons. The van der Waals surface area contributed by atoms with Gasteiger partial charge in [0.15, 0.2) is 0 Å². The number of urea groups is 1. The number of carbonyl (C=O) groups excluding carboxylic acids is 1. The number of hydrogen-bond acceptors (Lipinski definition) is 2. The Kier molecular flexibility index (Phi) is 5.02. The van der Waals surface area contributed by atoms with E-state index in [0.29, 0.717) is 12.8 Å². The van der Waals surface area contributed by atoms with Crippen molar-refractivity contribution in [3.05, 3.63) is 0 Å². The SMILES string of the molecule is O=C(O)CC1(NC(=O)NCCCC(F)(F)F)CCC1. The van der Waals surface area contributed by atoms with Crippen LogP contribution in [0, 0.1) is 0 Å². The standard InChI is InChI=1S/C11H17F3N2O3/c12-11(13,14)5-2-6-15-9(19)16-10(3-1-4-10)7-8(17)18/h1-7H2,(H,17,18)(H2,15,16,19). The number of halogens is 3. The summed E-state index contributed by atoms with van der Waals surface area (Å²) in [6.07, 6.45) is -3.54. The molecule has 0 aromatic carbocycles. The molecule has 0 heterocycles. The Balaban J connectivity index is 2.25. The van der Waals surface area contributed by atoms with Crippen molar-refractivity contribution in [1.82, 2.24) is 10.6 Å². The number of nitrogens with one attached hydrogen (secondary N) is 2. The lowest BCUT2D eigenvalue weighted by atomic mass is 9.74. The smallest absolute Gasteiger partial charge is 0.389 e. The zero-order valence-electron chi connectivity index (χ0n) is 10.3. The van der Waals surface area contributed by atoms with Gasteiger partial charge in [0.2, 0.25) is 0 Å². The maximum atomic E-state index is 11.9. The van der Waals surface area contributed by atoms with E-state index in [0.717, 1.165) is 6.42 Å². The largest absolute Gasteiger partial charge is 0.481 e. The molecule has 3 N–H and O–H groups in total. The molecule has 1 saturated carbocycles. The second kappa shape index (κ2) is 6.12. The highest BCUT2D eigenvalue weighted by atomic mass is 19.4. The molecular weight excluding hydrogens is 265 g/mol. The van der Waals surface area contributed by atoms with Gasteiger partial charge < -0.3 is 15.7 Å². The Morgan fingerprint density at radius 1 is 1.26 bits per heavy atom. The molecule has 1 aliphatic rings. The molecule has 0 unspecified atom stereocenters. The zero-order valence-corrected chi connectivity index (χ0v) is 10.3. The number of carboxylic acid groups (broad SMARTS) is 1. The van der Waals surface area contributed by atoms with Crippen LogP contribution >= 0.6 is 0 Å². The summed E-state index contributed by atoms with van der Waals surface area (Å²) in [6, 6.07) is -0.608. The summed E-state index contributed by atoms with van der Waals surface area (Å²) in [5, 5.41) is 13.6. The van der Waals surface area contributed by atoms with Crippen LogP contribution in [0.1, 0.15) is 38.5 Å². The Labute approximate surface area is 108 Å². The molecule has 19 heavy (non-hydrogen) atoms. The van der Waals surface area contributed by atoms with Crippen LogP contribution in [0.25, 0.3) is 0 Å². The number of hydrogen-bond donors (Lipinski definition) is 3. The summed E-state index contributed by atoms with van der Waals surface area (Å²) in [5.41, 5.74) is -0.736. The van der Waals surface area contributed by atoms with Crippen molar-refractivity contribution in [2.45, 2.75) is 50.2 Å². The Morgan fingerprint density at radius 2 is 1.89 bits per heavy atom.